The van der Waals surface area contributed by atoms with Crippen molar-refractivity contribution >= 4 is 27.7 Å². The Morgan fingerprint density at radius 2 is 2.12 bits per heavy atom. The zero-order valence-electron chi connectivity index (χ0n) is 8.63. The van der Waals surface area contributed by atoms with Crippen molar-refractivity contribution in [3.63, 3.8) is 0 Å². The first-order chi connectivity index (χ1) is 7.54. The van der Waals surface area contributed by atoms with E-state index in [9.17, 15) is 14.0 Å². The van der Waals surface area contributed by atoms with Crippen LogP contribution in [0.25, 0.3) is 0 Å². The number of esters is 1. The third kappa shape index (κ3) is 3.41. The van der Waals surface area contributed by atoms with E-state index in [0.29, 0.717) is 4.47 Å². The molecule has 0 radical (unpaired) electrons. The van der Waals surface area contributed by atoms with Crippen molar-refractivity contribution in [1.29, 1.82) is 0 Å². The Labute approximate surface area is 101 Å². The number of carbonyl (C=O) groups excluding carboxylic acids is 2. The van der Waals surface area contributed by atoms with Crippen LogP contribution < -0.4 is 0 Å². The van der Waals surface area contributed by atoms with Gasteiger partial charge in [-0.3, -0.25) is 9.59 Å². The average Bonchev–Trinajstić information content (AvgIpc) is 2.24. The van der Waals surface area contributed by atoms with Crippen LogP contribution in [0.3, 0.4) is 0 Å². The molecule has 0 spiro atoms. The van der Waals surface area contributed by atoms with Crippen molar-refractivity contribution in [1.82, 2.24) is 0 Å². The maximum absolute atomic E-state index is 13.5. The molecule has 16 heavy (non-hydrogen) atoms. The van der Waals surface area contributed by atoms with Gasteiger partial charge in [-0.2, -0.15) is 0 Å². The van der Waals surface area contributed by atoms with E-state index in [1.54, 1.807) is 12.1 Å². The van der Waals surface area contributed by atoms with E-state index in [2.05, 4.69) is 20.7 Å². The largest absolute Gasteiger partial charge is 0.469 e. The zero-order valence-corrected chi connectivity index (χ0v) is 10.2. The van der Waals surface area contributed by atoms with E-state index >= 15 is 0 Å². The van der Waals surface area contributed by atoms with Crippen molar-refractivity contribution in [2.24, 2.45) is 0 Å². The van der Waals surface area contributed by atoms with Crippen LogP contribution in [0.5, 0.6) is 0 Å². The molecule has 0 aromatic heterocycles. The first kappa shape index (κ1) is 12.8. The predicted molar refractivity (Wildman–Crippen MR) is 59.4 cm³/mol. The van der Waals surface area contributed by atoms with E-state index in [4.69, 9.17) is 0 Å². The van der Waals surface area contributed by atoms with Crippen LogP contribution in [0.4, 0.5) is 4.39 Å². The average molecular weight is 289 g/mol. The van der Waals surface area contributed by atoms with Crippen molar-refractivity contribution < 1.29 is 18.7 Å². The quantitative estimate of drug-likeness (QED) is 0.631. The Kier molecular flexibility index (Phi) is 4.61. The van der Waals surface area contributed by atoms with Gasteiger partial charge in [0.15, 0.2) is 0 Å². The lowest BCUT2D eigenvalue weighted by molar-refractivity contribution is -0.143. The normalized spacial score (nSPS) is 9.94. The number of ether oxygens (including phenoxy) is 1. The van der Waals surface area contributed by atoms with Crippen LogP contribution in [0.1, 0.15) is 12.0 Å². The summed E-state index contributed by atoms with van der Waals surface area (Å²) in [5.41, 5.74) is 0.267. The minimum absolute atomic E-state index is 0.111. The third-order valence-electron chi connectivity index (χ3n) is 1.99. The molecule has 0 bridgehead atoms. The van der Waals surface area contributed by atoms with Crippen LogP contribution in [-0.2, 0) is 20.7 Å². The Hall–Kier alpha value is -1.23. The van der Waals surface area contributed by atoms with Gasteiger partial charge in [-0.05, 0) is 27.6 Å². The molecule has 0 heterocycles. The predicted octanol–water partition coefficient (Wildman–Crippen LogP) is 2.26. The third-order valence-corrected chi connectivity index (χ3v) is 2.60. The highest BCUT2D eigenvalue weighted by atomic mass is 79.9. The fourth-order valence-corrected chi connectivity index (χ4v) is 1.60. The number of methoxy groups -OCH3 is 1. The molecule has 0 aliphatic carbocycles. The topological polar surface area (TPSA) is 43.4 Å². The molecule has 0 fully saturated rings. The van der Waals surface area contributed by atoms with Gasteiger partial charge in [0.1, 0.15) is 18.0 Å². The number of benzene rings is 1. The highest BCUT2D eigenvalue weighted by Crippen LogP contribution is 2.19. The molecular weight excluding hydrogens is 279 g/mol. The summed E-state index contributed by atoms with van der Waals surface area (Å²) in [5, 5.41) is 0. The number of Topliss-reactive ketones (excluding diaryl/α,β-unsaturated/α-hetero) is 1. The molecular formula is C11H10BrFO3. The molecule has 1 aromatic rings. The van der Waals surface area contributed by atoms with Crippen LogP contribution in [0.15, 0.2) is 22.7 Å². The van der Waals surface area contributed by atoms with E-state index in [-0.39, 0.29) is 24.2 Å². The Balaban J connectivity index is 2.70. The molecule has 86 valence electrons. The second-order valence-electron chi connectivity index (χ2n) is 3.18. The zero-order chi connectivity index (χ0) is 12.1. The second kappa shape index (κ2) is 5.75. The van der Waals surface area contributed by atoms with Gasteiger partial charge < -0.3 is 4.74 Å². The summed E-state index contributed by atoms with van der Waals surface area (Å²) in [5.74, 6) is -1.45. The van der Waals surface area contributed by atoms with Gasteiger partial charge in [0, 0.05) is 6.42 Å². The molecule has 1 aromatic carbocycles. The molecule has 1 rings (SSSR count). The van der Waals surface area contributed by atoms with Gasteiger partial charge in [-0.25, -0.2) is 4.39 Å². The lowest BCUT2D eigenvalue weighted by Crippen LogP contribution is -2.12. The lowest BCUT2D eigenvalue weighted by Gasteiger charge is -2.03. The summed E-state index contributed by atoms with van der Waals surface area (Å²) in [7, 11) is 1.20. The molecule has 0 atom stereocenters. The summed E-state index contributed by atoms with van der Waals surface area (Å²) in [6, 6.07) is 4.69. The van der Waals surface area contributed by atoms with Crippen LogP contribution in [-0.4, -0.2) is 18.9 Å². The first-order valence-electron chi connectivity index (χ1n) is 4.56. The highest BCUT2D eigenvalue weighted by Gasteiger charge is 2.13. The maximum Gasteiger partial charge on any atom is 0.313 e. The Morgan fingerprint density at radius 1 is 1.44 bits per heavy atom. The summed E-state index contributed by atoms with van der Waals surface area (Å²) in [6.45, 7) is 0. The number of hydrogen-bond acceptors (Lipinski definition) is 3. The number of ketones is 1. The summed E-state index contributed by atoms with van der Waals surface area (Å²) < 4.78 is 18.1. The first-order valence-corrected chi connectivity index (χ1v) is 5.35. The van der Waals surface area contributed by atoms with E-state index in [1.165, 1.54) is 13.2 Å². The fraction of sp³-hybridized carbons (Fsp3) is 0.273. The summed E-state index contributed by atoms with van der Waals surface area (Å²) >= 11 is 3.02. The highest BCUT2D eigenvalue weighted by molar-refractivity contribution is 9.10. The van der Waals surface area contributed by atoms with Gasteiger partial charge in [-0.15, -0.1) is 0 Å². The SMILES string of the molecule is COC(=O)CC(=O)Cc1cccc(Br)c1F. The second-order valence-corrected chi connectivity index (χ2v) is 4.04. The maximum atomic E-state index is 13.5. The van der Waals surface area contributed by atoms with Crippen LogP contribution in [0, 0.1) is 5.82 Å². The van der Waals surface area contributed by atoms with Gasteiger partial charge in [0.2, 0.25) is 0 Å². The number of halogens is 2. The van der Waals surface area contributed by atoms with Crippen molar-refractivity contribution in [3.05, 3.63) is 34.1 Å². The molecule has 0 saturated heterocycles. The minimum Gasteiger partial charge on any atom is -0.469 e. The molecule has 0 N–H and O–H groups in total. The number of carbonyl (C=O) groups is 2. The molecule has 0 aliphatic heterocycles. The van der Waals surface area contributed by atoms with E-state index in [1.807, 2.05) is 0 Å². The Morgan fingerprint density at radius 3 is 2.75 bits per heavy atom. The van der Waals surface area contributed by atoms with Crippen molar-refractivity contribution in [2.45, 2.75) is 12.8 Å². The lowest BCUT2D eigenvalue weighted by atomic mass is 10.1. The van der Waals surface area contributed by atoms with Gasteiger partial charge in [0.25, 0.3) is 0 Å². The molecule has 0 amide bonds. The van der Waals surface area contributed by atoms with Crippen molar-refractivity contribution in [2.75, 3.05) is 7.11 Å². The molecule has 3 nitrogen and oxygen atoms in total. The standard InChI is InChI=1S/C11H10BrFO3/c1-16-10(15)6-8(14)5-7-3-2-4-9(12)11(7)13/h2-4H,5-6H2,1H3. The van der Waals surface area contributed by atoms with E-state index in [0.717, 1.165) is 0 Å². The van der Waals surface area contributed by atoms with Gasteiger partial charge in [0.05, 0.1) is 11.6 Å². The fourth-order valence-electron chi connectivity index (χ4n) is 1.19. The summed E-state index contributed by atoms with van der Waals surface area (Å²) in [6.07, 6.45) is -0.442. The van der Waals surface area contributed by atoms with Crippen LogP contribution >= 0.6 is 15.9 Å². The van der Waals surface area contributed by atoms with Crippen LogP contribution in [0.2, 0.25) is 0 Å². The molecule has 0 unspecified atom stereocenters. The monoisotopic (exact) mass is 288 g/mol. The Bertz CT molecular complexity index is 418. The van der Waals surface area contributed by atoms with Gasteiger partial charge >= 0.3 is 5.97 Å². The molecule has 5 heteroatoms. The number of rotatable bonds is 4. The molecule has 0 aliphatic rings. The summed E-state index contributed by atoms with van der Waals surface area (Å²) in [4.78, 5) is 22.2. The minimum atomic E-state index is -0.611. The van der Waals surface area contributed by atoms with E-state index < -0.39 is 11.8 Å². The smallest absolute Gasteiger partial charge is 0.313 e. The van der Waals surface area contributed by atoms with Crippen molar-refractivity contribution in [3.8, 4) is 0 Å². The van der Waals surface area contributed by atoms with Gasteiger partial charge in [-0.1, -0.05) is 12.1 Å². The molecule has 0 saturated carbocycles. The number of hydrogen-bond donors (Lipinski definition) is 0.